The summed E-state index contributed by atoms with van der Waals surface area (Å²) in [5.41, 5.74) is 3.53. The standard InChI is InChI=1S/C29H28O3/c30-19-27-17-25(31)16-26(32-27)18-29-23(14-13-22-6-3-4-8-28(22)29)12-10-20-9-11-21-5-1-2-7-24(21)15-20/h1-15,25-27,30-31H,16-19H2/b12-10+. The molecule has 3 unspecified atom stereocenters. The van der Waals surface area contributed by atoms with Gasteiger partial charge in [-0.2, -0.15) is 0 Å². The molecule has 1 fully saturated rings. The van der Waals surface area contributed by atoms with Gasteiger partial charge in [-0.25, -0.2) is 0 Å². The van der Waals surface area contributed by atoms with Gasteiger partial charge in [-0.1, -0.05) is 84.9 Å². The van der Waals surface area contributed by atoms with Crippen LogP contribution in [0.5, 0.6) is 0 Å². The van der Waals surface area contributed by atoms with Gasteiger partial charge < -0.3 is 14.9 Å². The van der Waals surface area contributed by atoms with Crippen molar-refractivity contribution in [3.63, 3.8) is 0 Å². The molecule has 0 aliphatic carbocycles. The highest BCUT2D eigenvalue weighted by Crippen LogP contribution is 2.30. The molecule has 0 radical (unpaired) electrons. The summed E-state index contributed by atoms with van der Waals surface area (Å²) in [6.07, 6.45) is 5.28. The fourth-order valence-corrected chi connectivity index (χ4v) is 4.80. The van der Waals surface area contributed by atoms with E-state index in [-0.39, 0.29) is 18.8 Å². The molecule has 162 valence electrons. The van der Waals surface area contributed by atoms with E-state index in [0.717, 1.165) is 11.1 Å². The molecule has 1 saturated heterocycles. The van der Waals surface area contributed by atoms with E-state index in [1.807, 2.05) is 0 Å². The lowest BCUT2D eigenvalue weighted by Crippen LogP contribution is -2.38. The largest absolute Gasteiger partial charge is 0.394 e. The van der Waals surface area contributed by atoms with E-state index in [1.54, 1.807) is 0 Å². The van der Waals surface area contributed by atoms with Crippen molar-refractivity contribution >= 4 is 33.7 Å². The summed E-state index contributed by atoms with van der Waals surface area (Å²) in [6.45, 7) is -0.0577. The third-order valence-corrected chi connectivity index (χ3v) is 6.40. The lowest BCUT2D eigenvalue weighted by molar-refractivity contribution is -0.110. The molecular formula is C29H28O3. The number of hydrogen-bond acceptors (Lipinski definition) is 3. The minimum Gasteiger partial charge on any atom is -0.394 e. The number of aliphatic hydroxyl groups is 2. The molecule has 3 heteroatoms. The second-order valence-corrected chi connectivity index (χ2v) is 8.69. The molecule has 0 amide bonds. The fourth-order valence-electron chi connectivity index (χ4n) is 4.80. The van der Waals surface area contributed by atoms with Crippen LogP contribution >= 0.6 is 0 Å². The van der Waals surface area contributed by atoms with E-state index in [1.165, 1.54) is 27.1 Å². The fraction of sp³-hybridized carbons (Fsp3) is 0.241. The van der Waals surface area contributed by atoms with Crippen molar-refractivity contribution in [2.45, 2.75) is 37.6 Å². The molecule has 0 aromatic heterocycles. The van der Waals surface area contributed by atoms with Crippen LogP contribution in [0.25, 0.3) is 33.7 Å². The second kappa shape index (κ2) is 9.25. The molecular weight excluding hydrogens is 396 g/mol. The van der Waals surface area contributed by atoms with Crippen LogP contribution in [0.15, 0.2) is 78.9 Å². The summed E-state index contributed by atoms with van der Waals surface area (Å²) in [4.78, 5) is 0. The monoisotopic (exact) mass is 424 g/mol. The van der Waals surface area contributed by atoms with Crippen molar-refractivity contribution in [3.05, 3.63) is 95.6 Å². The van der Waals surface area contributed by atoms with Gasteiger partial charge in [0.2, 0.25) is 0 Å². The Morgan fingerprint density at radius 2 is 1.50 bits per heavy atom. The average Bonchev–Trinajstić information content (AvgIpc) is 2.83. The van der Waals surface area contributed by atoms with Crippen molar-refractivity contribution in [2.24, 2.45) is 0 Å². The maximum absolute atomic E-state index is 10.3. The molecule has 1 aliphatic rings. The van der Waals surface area contributed by atoms with Gasteiger partial charge in [0.25, 0.3) is 0 Å². The molecule has 1 heterocycles. The van der Waals surface area contributed by atoms with E-state index in [9.17, 15) is 10.2 Å². The van der Waals surface area contributed by atoms with Crippen LogP contribution in [-0.2, 0) is 11.2 Å². The summed E-state index contributed by atoms with van der Waals surface area (Å²) in [6, 6.07) is 27.6. The lowest BCUT2D eigenvalue weighted by Gasteiger charge is -2.33. The number of hydrogen-bond donors (Lipinski definition) is 2. The van der Waals surface area contributed by atoms with Gasteiger partial charge in [0.1, 0.15) is 0 Å². The Morgan fingerprint density at radius 1 is 0.781 bits per heavy atom. The predicted molar refractivity (Wildman–Crippen MR) is 132 cm³/mol. The normalized spacial score (nSPS) is 21.5. The third kappa shape index (κ3) is 4.46. The SMILES string of the molecule is OCC1CC(O)CC(Cc2c(/C=C/c3ccc4ccccc4c3)ccc3ccccc23)O1. The molecule has 3 nitrogen and oxygen atoms in total. The summed E-state index contributed by atoms with van der Waals surface area (Å²) < 4.78 is 6.09. The minimum atomic E-state index is -0.433. The van der Waals surface area contributed by atoms with Crippen LogP contribution in [0.2, 0.25) is 0 Å². The van der Waals surface area contributed by atoms with Crippen molar-refractivity contribution in [1.29, 1.82) is 0 Å². The smallest absolute Gasteiger partial charge is 0.0834 e. The van der Waals surface area contributed by atoms with Gasteiger partial charge in [0, 0.05) is 6.42 Å². The molecule has 5 rings (SSSR count). The maximum Gasteiger partial charge on any atom is 0.0834 e. The quantitative estimate of drug-likeness (QED) is 0.410. The zero-order chi connectivity index (χ0) is 21.9. The molecule has 4 aromatic rings. The summed E-state index contributed by atoms with van der Waals surface area (Å²) in [5.74, 6) is 0. The first-order valence-electron chi connectivity index (χ1n) is 11.3. The van der Waals surface area contributed by atoms with Gasteiger partial charge in [-0.3, -0.25) is 0 Å². The van der Waals surface area contributed by atoms with Crippen LogP contribution in [0.3, 0.4) is 0 Å². The number of benzene rings is 4. The number of ether oxygens (including phenoxy) is 1. The summed E-state index contributed by atoms with van der Waals surface area (Å²) >= 11 is 0. The molecule has 0 saturated carbocycles. The van der Waals surface area contributed by atoms with Crippen LogP contribution in [0.1, 0.15) is 29.5 Å². The minimum absolute atomic E-state index is 0.0577. The van der Waals surface area contributed by atoms with Gasteiger partial charge in [-0.15, -0.1) is 0 Å². The topological polar surface area (TPSA) is 49.7 Å². The molecule has 1 aliphatic heterocycles. The molecule has 32 heavy (non-hydrogen) atoms. The second-order valence-electron chi connectivity index (χ2n) is 8.69. The third-order valence-electron chi connectivity index (χ3n) is 6.40. The molecule has 0 bridgehead atoms. The van der Waals surface area contributed by atoms with Gasteiger partial charge in [0.15, 0.2) is 0 Å². The Balaban J connectivity index is 1.50. The first kappa shape index (κ1) is 20.9. The van der Waals surface area contributed by atoms with E-state index in [0.29, 0.717) is 19.3 Å². The highest BCUT2D eigenvalue weighted by molar-refractivity contribution is 5.91. The van der Waals surface area contributed by atoms with Crippen molar-refractivity contribution in [3.8, 4) is 0 Å². The van der Waals surface area contributed by atoms with Crippen molar-refractivity contribution in [2.75, 3.05) is 6.61 Å². The van der Waals surface area contributed by atoms with Crippen LogP contribution in [-0.4, -0.2) is 35.1 Å². The van der Waals surface area contributed by atoms with Crippen LogP contribution in [0, 0.1) is 0 Å². The summed E-state index contributed by atoms with van der Waals surface area (Å²) in [5, 5.41) is 24.7. The highest BCUT2D eigenvalue weighted by Gasteiger charge is 2.28. The Labute approximate surface area is 188 Å². The van der Waals surface area contributed by atoms with Crippen molar-refractivity contribution < 1.29 is 14.9 Å². The Bertz CT molecular complexity index is 1260. The van der Waals surface area contributed by atoms with E-state index >= 15 is 0 Å². The van der Waals surface area contributed by atoms with E-state index < -0.39 is 6.10 Å². The first-order chi connectivity index (χ1) is 15.7. The molecule has 4 aromatic carbocycles. The van der Waals surface area contributed by atoms with Gasteiger partial charge in [0.05, 0.1) is 24.9 Å². The highest BCUT2D eigenvalue weighted by atomic mass is 16.5. The number of aliphatic hydroxyl groups excluding tert-OH is 2. The van der Waals surface area contributed by atoms with Crippen LogP contribution in [0.4, 0.5) is 0 Å². The summed E-state index contributed by atoms with van der Waals surface area (Å²) in [7, 11) is 0. The number of fused-ring (bicyclic) bond motifs is 2. The number of rotatable bonds is 5. The van der Waals surface area contributed by atoms with E-state index in [4.69, 9.17) is 4.74 Å². The Kier molecular flexibility index (Phi) is 6.04. The molecule has 2 N–H and O–H groups in total. The van der Waals surface area contributed by atoms with E-state index in [2.05, 4.69) is 91.0 Å². The zero-order valence-corrected chi connectivity index (χ0v) is 18.0. The lowest BCUT2D eigenvalue weighted by atomic mass is 9.90. The van der Waals surface area contributed by atoms with Crippen LogP contribution < -0.4 is 0 Å². The predicted octanol–water partition coefficient (Wildman–Crippen LogP) is 5.61. The van der Waals surface area contributed by atoms with Gasteiger partial charge in [-0.05, 0) is 57.1 Å². The molecule has 0 spiro atoms. The van der Waals surface area contributed by atoms with Gasteiger partial charge >= 0.3 is 0 Å². The Morgan fingerprint density at radius 3 is 2.34 bits per heavy atom. The zero-order valence-electron chi connectivity index (χ0n) is 18.0. The Hall–Kier alpha value is -2.98. The maximum atomic E-state index is 10.3. The molecule has 3 atom stereocenters. The van der Waals surface area contributed by atoms with Crippen molar-refractivity contribution in [1.82, 2.24) is 0 Å². The first-order valence-corrected chi connectivity index (χ1v) is 11.3. The average molecular weight is 425 g/mol.